The van der Waals surface area contributed by atoms with Gasteiger partial charge < -0.3 is 14.8 Å². The first kappa shape index (κ1) is 20.4. The fourth-order valence-corrected chi connectivity index (χ4v) is 3.60. The Labute approximate surface area is 161 Å². The molecule has 0 aliphatic carbocycles. The van der Waals surface area contributed by atoms with Crippen molar-refractivity contribution in [1.29, 1.82) is 0 Å². The van der Waals surface area contributed by atoms with Crippen molar-refractivity contribution in [2.75, 3.05) is 19.0 Å². The number of Topliss-reactive ketones (excluding diaryl/α,β-unsaturated/α-hetero) is 1. The van der Waals surface area contributed by atoms with Crippen LogP contribution in [-0.2, 0) is 9.53 Å². The molecule has 0 bridgehead atoms. The highest BCUT2D eigenvalue weighted by molar-refractivity contribution is 7.18. The van der Waals surface area contributed by atoms with E-state index >= 15 is 0 Å². The van der Waals surface area contributed by atoms with Crippen molar-refractivity contribution in [1.82, 2.24) is 0 Å². The zero-order valence-corrected chi connectivity index (χ0v) is 16.4. The predicted molar refractivity (Wildman–Crippen MR) is 106 cm³/mol. The zero-order chi connectivity index (χ0) is 20.0. The van der Waals surface area contributed by atoms with E-state index in [2.05, 4.69) is 5.32 Å². The van der Waals surface area contributed by atoms with Crippen molar-refractivity contribution in [3.05, 3.63) is 51.9 Å². The number of nitrogens with one attached hydrogen (secondary N) is 1. The molecule has 142 valence electrons. The molecule has 0 saturated heterocycles. The number of thiophene rings is 1. The summed E-state index contributed by atoms with van der Waals surface area (Å²) in [7, 11) is 1.55. The summed E-state index contributed by atoms with van der Waals surface area (Å²) in [5, 5.41) is 2.97. The summed E-state index contributed by atoms with van der Waals surface area (Å²) < 4.78 is 10.3. The minimum atomic E-state index is -0.567. The Hall–Kier alpha value is -2.93. The van der Waals surface area contributed by atoms with Crippen molar-refractivity contribution in [3.63, 3.8) is 0 Å². The number of para-hydroxylation sites is 1. The molecule has 2 aromatic rings. The Morgan fingerprint density at radius 1 is 1.22 bits per heavy atom. The molecule has 1 N–H and O–H groups in total. The lowest BCUT2D eigenvalue weighted by molar-refractivity contribution is -0.111. The van der Waals surface area contributed by atoms with Crippen LogP contribution in [0.5, 0.6) is 5.75 Å². The van der Waals surface area contributed by atoms with Crippen LogP contribution in [0.3, 0.4) is 0 Å². The average Bonchev–Trinajstić information content (AvgIpc) is 2.96. The van der Waals surface area contributed by atoms with Gasteiger partial charge in [-0.1, -0.05) is 18.2 Å². The fraction of sp³-hybridized carbons (Fsp3) is 0.250. The zero-order valence-electron chi connectivity index (χ0n) is 15.6. The lowest BCUT2D eigenvalue weighted by Gasteiger charge is -2.06. The van der Waals surface area contributed by atoms with Gasteiger partial charge in [-0.15, -0.1) is 11.3 Å². The van der Waals surface area contributed by atoms with Crippen LogP contribution in [0.1, 0.15) is 45.0 Å². The van der Waals surface area contributed by atoms with Crippen molar-refractivity contribution >= 4 is 40.1 Å². The number of carbonyl (C=O) groups is 3. The smallest absolute Gasteiger partial charge is 0.341 e. The highest BCUT2D eigenvalue weighted by Crippen LogP contribution is 2.34. The molecule has 0 aliphatic heterocycles. The van der Waals surface area contributed by atoms with E-state index < -0.39 is 11.9 Å². The van der Waals surface area contributed by atoms with Gasteiger partial charge in [0.2, 0.25) is 5.91 Å². The second-order valence-electron chi connectivity index (χ2n) is 5.60. The number of amides is 1. The molecule has 0 unspecified atom stereocenters. The molecule has 1 amide bonds. The van der Waals surface area contributed by atoms with E-state index in [4.69, 9.17) is 9.47 Å². The van der Waals surface area contributed by atoms with E-state index in [1.54, 1.807) is 33.1 Å². The molecule has 7 heteroatoms. The van der Waals surface area contributed by atoms with Gasteiger partial charge in [0, 0.05) is 11.6 Å². The fourth-order valence-electron chi connectivity index (χ4n) is 2.51. The topological polar surface area (TPSA) is 81.7 Å². The summed E-state index contributed by atoms with van der Waals surface area (Å²) >= 11 is 1.07. The maximum absolute atomic E-state index is 12.3. The maximum atomic E-state index is 12.3. The standard InChI is InChI=1S/C20H21NO5S/c1-5-26-20(24)17-12(2)18(13(3)22)27-19(17)21-16(23)11-10-14-8-6-7-9-15(14)25-4/h6-11H,5H2,1-4H3,(H,21,23). The van der Waals surface area contributed by atoms with Crippen LogP contribution < -0.4 is 10.1 Å². The molecular formula is C20H21NO5S. The van der Waals surface area contributed by atoms with Gasteiger partial charge in [-0.2, -0.15) is 0 Å². The van der Waals surface area contributed by atoms with Crippen LogP contribution in [-0.4, -0.2) is 31.4 Å². The average molecular weight is 387 g/mol. The largest absolute Gasteiger partial charge is 0.496 e. The van der Waals surface area contributed by atoms with Gasteiger partial charge >= 0.3 is 5.97 Å². The molecule has 0 aliphatic rings. The number of hydrogen-bond acceptors (Lipinski definition) is 6. The quantitative estimate of drug-likeness (QED) is 0.439. The molecule has 0 fully saturated rings. The highest BCUT2D eigenvalue weighted by Gasteiger charge is 2.24. The second kappa shape index (κ2) is 9.14. The number of carbonyl (C=O) groups excluding carboxylic acids is 3. The van der Waals surface area contributed by atoms with Crippen LogP contribution in [0.15, 0.2) is 30.3 Å². The SMILES string of the molecule is CCOC(=O)c1c(NC(=O)C=Cc2ccccc2OC)sc(C(C)=O)c1C. The number of ether oxygens (including phenoxy) is 2. The van der Waals surface area contributed by atoms with Gasteiger partial charge in [0.1, 0.15) is 10.8 Å². The van der Waals surface area contributed by atoms with Gasteiger partial charge in [0.25, 0.3) is 0 Å². The number of esters is 1. The summed E-state index contributed by atoms with van der Waals surface area (Å²) in [4.78, 5) is 36.8. The Bertz CT molecular complexity index is 898. The van der Waals surface area contributed by atoms with Gasteiger partial charge in [-0.25, -0.2) is 4.79 Å². The molecule has 0 saturated carbocycles. The third kappa shape index (κ3) is 4.83. The van der Waals surface area contributed by atoms with Gasteiger partial charge in [0.15, 0.2) is 5.78 Å². The van der Waals surface area contributed by atoms with Crippen LogP contribution in [0.4, 0.5) is 5.00 Å². The molecule has 1 aromatic heterocycles. The monoisotopic (exact) mass is 387 g/mol. The number of hydrogen-bond donors (Lipinski definition) is 1. The number of methoxy groups -OCH3 is 1. The van der Waals surface area contributed by atoms with Crippen LogP contribution >= 0.6 is 11.3 Å². The summed E-state index contributed by atoms with van der Waals surface area (Å²) in [6.07, 6.45) is 2.96. The van der Waals surface area contributed by atoms with E-state index in [-0.39, 0.29) is 18.0 Å². The molecule has 0 radical (unpaired) electrons. The second-order valence-corrected chi connectivity index (χ2v) is 6.62. The highest BCUT2D eigenvalue weighted by atomic mass is 32.1. The molecule has 27 heavy (non-hydrogen) atoms. The molecule has 0 spiro atoms. The summed E-state index contributed by atoms with van der Waals surface area (Å²) in [5.74, 6) is -0.529. The Morgan fingerprint density at radius 2 is 1.93 bits per heavy atom. The van der Waals surface area contributed by atoms with Crippen molar-refractivity contribution in [3.8, 4) is 5.75 Å². The van der Waals surface area contributed by atoms with E-state index in [1.807, 2.05) is 18.2 Å². The first-order valence-corrected chi connectivity index (χ1v) is 9.14. The normalized spacial score (nSPS) is 10.7. The minimum absolute atomic E-state index is 0.173. The predicted octanol–water partition coefficient (Wildman–Crippen LogP) is 4.10. The summed E-state index contributed by atoms with van der Waals surface area (Å²) in [5.41, 5.74) is 1.47. The Balaban J connectivity index is 2.29. The van der Waals surface area contributed by atoms with Crippen LogP contribution in [0.2, 0.25) is 0 Å². The van der Waals surface area contributed by atoms with E-state index in [1.165, 1.54) is 13.0 Å². The molecular weight excluding hydrogens is 366 g/mol. The van der Waals surface area contributed by atoms with Crippen molar-refractivity contribution < 1.29 is 23.9 Å². The number of rotatable bonds is 7. The number of anilines is 1. The van der Waals surface area contributed by atoms with E-state index in [9.17, 15) is 14.4 Å². The summed E-state index contributed by atoms with van der Waals surface area (Å²) in [6.45, 7) is 4.98. The lowest BCUT2D eigenvalue weighted by atomic mass is 10.1. The number of benzene rings is 1. The summed E-state index contributed by atoms with van der Waals surface area (Å²) in [6, 6.07) is 7.27. The van der Waals surface area contributed by atoms with Gasteiger partial charge in [-0.3, -0.25) is 9.59 Å². The molecule has 1 heterocycles. The molecule has 1 aromatic carbocycles. The van der Waals surface area contributed by atoms with E-state index in [0.29, 0.717) is 21.2 Å². The third-order valence-electron chi connectivity index (χ3n) is 3.74. The van der Waals surface area contributed by atoms with Crippen LogP contribution in [0, 0.1) is 6.92 Å². The van der Waals surface area contributed by atoms with Crippen molar-refractivity contribution in [2.24, 2.45) is 0 Å². The minimum Gasteiger partial charge on any atom is -0.496 e. The molecule has 0 atom stereocenters. The van der Waals surface area contributed by atoms with Crippen molar-refractivity contribution in [2.45, 2.75) is 20.8 Å². The van der Waals surface area contributed by atoms with E-state index in [0.717, 1.165) is 16.9 Å². The molecule has 6 nitrogen and oxygen atoms in total. The first-order chi connectivity index (χ1) is 12.9. The lowest BCUT2D eigenvalue weighted by Crippen LogP contribution is -2.12. The van der Waals surface area contributed by atoms with Gasteiger partial charge in [0.05, 0.1) is 24.2 Å². The Morgan fingerprint density at radius 3 is 2.56 bits per heavy atom. The van der Waals surface area contributed by atoms with Gasteiger partial charge in [-0.05, 0) is 38.5 Å². The maximum Gasteiger partial charge on any atom is 0.341 e. The first-order valence-electron chi connectivity index (χ1n) is 8.32. The van der Waals surface area contributed by atoms with Crippen LogP contribution in [0.25, 0.3) is 6.08 Å². The molecule has 2 rings (SSSR count). The number of ketones is 1. The Kier molecular flexibility index (Phi) is 6.90. The third-order valence-corrected chi connectivity index (χ3v) is 5.04.